The number of ether oxygens (including phenoxy) is 3. The zero-order chi connectivity index (χ0) is 20.0. The average Bonchev–Trinajstić information content (AvgIpc) is 3.02. The van der Waals surface area contributed by atoms with Crippen molar-refractivity contribution in [3.63, 3.8) is 0 Å². The quantitative estimate of drug-likeness (QED) is 0.580. The predicted molar refractivity (Wildman–Crippen MR) is 97.7 cm³/mol. The van der Waals surface area contributed by atoms with Crippen LogP contribution in [0.15, 0.2) is 30.3 Å². The maximum Gasteiger partial charge on any atom is 0.411 e. The van der Waals surface area contributed by atoms with Gasteiger partial charge in [-0.1, -0.05) is 30.3 Å². The number of amides is 1. The minimum absolute atomic E-state index is 0.125. The van der Waals surface area contributed by atoms with Gasteiger partial charge in [0.15, 0.2) is 0 Å². The number of nitrogens with zero attached hydrogens (tertiary/aromatic N) is 1. The second kappa shape index (κ2) is 8.88. The molecule has 1 heterocycles. The predicted octanol–water partition coefficient (Wildman–Crippen LogP) is 2.92. The van der Waals surface area contributed by atoms with Gasteiger partial charge in [0.05, 0.1) is 13.5 Å². The lowest BCUT2D eigenvalue weighted by Gasteiger charge is -2.27. The lowest BCUT2D eigenvalue weighted by molar-refractivity contribution is -0.147. The van der Waals surface area contributed by atoms with Gasteiger partial charge in [-0.2, -0.15) is 0 Å². The summed E-state index contributed by atoms with van der Waals surface area (Å²) in [7, 11) is 1.27. The first kappa shape index (κ1) is 20.7. The Bertz CT molecular complexity index is 667. The van der Waals surface area contributed by atoms with E-state index >= 15 is 0 Å². The molecule has 0 saturated carbocycles. The van der Waals surface area contributed by atoms with Gasteiger partial charge in [0.2, 0.25) is 0 Å². The lowest BCUT2D eigenvalue weighted by Crippen LogP contribution is -2.43. The normalized spacial score (nSPS) is 19.5. The Morgan fingerprint density at radius 1 is 1.15 bits per heavy atom. The third kappa shape index (κ3) is 6.27. The summed E-state index contributed by atoms with van der Waals surface area (Å²) in [6.07, 6.45) is -0.121. The number of esters is 2. The first-order chi connectivity index (χ1) is 12.7. The second-order valence-corrected chi connectivity index (χ2v) is 7.62. The highest BCUT2D eigenvalue weighted by atomic mass is 16.6. The van der Waals surface area contributed by atoms with Gasteiger partial charge in [0, 0.05) is 6.54 Å². The number of methoxy groups -OCH3 is 1. The molecule has 1 aromatic carbocycles. The lowest BCUT2D eigenvalue weighted by atomic mass is 10.0. The molecule has 0 unspecified atom stereocenters. The SMILES string of the molecule is COC(=O)[C@@H]1C[C@@H](CC(=O)OCc2ccccc2)CN1C(=O)OC(C)(C)C. The van der Waals surface area contributed by atoms with Crippen molar-refractivity contribution >= 4 is 18.0 Å². The summed E-state index contributed by atoms with van der Waals surface area (Å²) in [6.45, 7) is 5.71. The number of carbonyl (C=O) groups is 3. The van der Waals surface area contributed by atoms with Crippen LogP contribution < -0.4 is 0 Å². The van der Waals surface area contributed by atoms with Crippen LogP contribution in [0, 0.1) is 5.92 Å². The number of hydrogen-bond donors (Lipinski definition) is 0. The molecule has 1 amide bonds. The topological polar surface area (TPSA) is 82.1 Å². The van der Waals surface area contributed by atoms with Crippen LogP contribution in [-0.4, -0.2) is 48.2 Å². The molecule has 1 aromatic rings. The fraction of sp³-hybridized carbons (Fsp3) is 0.550. The minimum Gasteiger partial charge on any atom is -0.467 e. The third-order valence-electron chi connectivity index (χ3n) is 4.19. The third-order valence-corrected chi connectivity index (χ3v) is 4.19. The molecular weight excluding hydrogens is 350 g/mol. The molecule has 0 radical (unpaired) electrons. The van der Waals surface area contributed by atoms with Gasteiger partial charge in [-0.15, -0.1) is 0 Å². The zero-order valence-electron chi connectivity index (χ0n) is 16.3. The Hall–Kier alpha value is -2.57. The van der Waals surface area contributed by atoms with Gasteiger partial charge in [-0.25, -0.2) is 9.59 Å². The summed E-state index contributed by atoms with van der Waals surface area (Å²) in [5.41, 5.74) is 0.227. The van der Waals surface area contributed by atoms with Crippen molar-refractivity contribution in [1.29, 1.82) is 0 Å². The van der Waals surface area contributed by atoms with Crippen molar-refractivity contribution in [3.05, 3.63) is 35.9 Å². The van der Waals surface area contributed by atoms with Crippen molar-refractivity contribution in [2.24, 2.45) is 5.92 Å². The van der Waals surface area contributed by atoms with E-state index in [-0.39, 0.29) is 31.5 Å². The van der Waals surface area contributed by atoms with E-state index in [0.29, 0.717) is 6.42 Å². The summed E-state index contributed by atoms with van der Waals surface area (Å²) in [4.78, 5) is 38.0. The van der Waals surface area contributed by atoms with E-state index in [1.807, 2.05) is 30.3 Å². The van der Waals surface area contributed by atoms with Gasteiger partial charge in [0.1, 0.15) is 18.2 Å². The first-order valence-corrected chi connectivity index (χ1v) is 8.96. The molecule has 0 N–H and O–H groups in total. The second-order valence-electron chi connectivity index (χ2n) is 7.62. The maximum atomic E-state index is 12.4. The highest BCUT2D eigenvalue weighted by molar-refractivity contribution is 5.82. The van der Waals surface area contributed by atoms with E-state index in [2.05, 4.69) is 0 Å². The monoisotopic (exact) mass is 377 g/mol. The number of hydrogen-bond acceptors (Lipinski definition) is 6. The van der Waals surface area contributed by atoms with E-state index in [9.17, 15) is 14.4 Å². The fourth-order valence-corrected chi connectivity index (χ4v) is 2.99. The van der Waals surface area contributed by atoms with Crippen LogP contribution in [0.2, 0.25) is 0 Å². The van der Waals surface area contributed by atoms with Crippen molar-refractivity contribution in [3.8, 4) is 0 Å². The van der Waals surface area contributed by atoms with Gasteiger partial charge in [-0.3, -0.25) is 9.69 Å². The number of benzene rings is 1. The van der Waals surface area contributed by atoms with Gasteiger partial charge >= 0.3 is 18.0 Å². The van der Waals surface area contributed by atoms with E-state index < -0.39 is 23.7 Å². The van der Waals surface area contributed by atoms with Crippen LogP contribution in [0.25, 0.3) is 0 Å². The van der Waals surface area contributed by atoms with Crippen molar-refractivity contribution < 1.29 is 28.6 Å². The molecule has 0 aromatic heterocycles. The summed E-state index contributed by atoms with van der Waals surface area (Å²) >= 11 is 0. The summed E-state index contributed by atoms with van der Waals surface area (Å²) < 4.78 is 15.5. The van der Waals surface area contributed by atoms with E-state index in [0.717, 1.165) is 5.56 Å². The minimum atomic E-state index is -0.753. The molecule has 0 spiro atoms. The van der Waals surface area contributed by atoms with Crippen LogP contribution in [0.4, 0.5) is 4.79 Å². The maximum absolute atomic E-state index is 12.4. The number of rotatable bonds is 5. The highest BCUT2D eigenvalue weighted by Crippen LogP contribution is 2.29. The van der Waals surface area contributed by atoms with Crippen LogP contribution in [-0.2, 0) is 30.4 Å². The standard InChI is InChI=1S/C20H27NO6/c1-20(2,3)27-19(24)21-12-15(10-16(21)18(23)25-4)11-17(22)26-13-14-8-6-5-7-9-14/h5-9,15-16H,10-13H2,1-4H3/t15-,16-/m0/s1. The summed E-state index contributed by atoms with van der Waals surface area (Å²) in [6, 6.07) is 8.64. The molecule has 0 aliphatic carbocycles. The van der Waals surface area contributed by atoms with E-state index in [4.69, 9.17) is 14.2 Å². The number of likely N-dealkylation sites (tertiary alicyclic amines) is 1. The largest absolute Gasteiger partial charge is 0.467 e. The highest BCUT2D eigenvalue weighted by Gasteiger charge is 2.42. The van der Waals surface area contributed by atoms with Crippen molar-refractivity contribution in [2.75, 3.05) is 13.7 Å². The molecule has 7 nitrogen and oxygen atoms in total. The molecule has 7 heteroatoms. The van der Waals surface area contributed by atoms with E-state index in [1.165, 1.54) is 12.0 Å². The zero-order valence-corrected chi connectivity index (χ0v) is 16.3. The van der Waals surface area contributed by atoms with Gasteiger partial charge in [0.25, 0.3) is 0 Å². The summed E-state index contributed by atoms with van der Waals surface area (Å²) in [5, 5.41) is 0. The van der Waals surface area contributed by atoms with Gasteiger partial charge < -0.3 is 14.2 Å². The molecule has 27 heavy (non-hydrogen) atoms. The summed E-state index contributed by atoms with van der Waals surface area (Å²) in [5.74, 6) is -1.07. The molecule has 1 fully saturated rings. The molecule has 1 aliphatic heterocycles. The van der Waals surface area contributed by atoms with Crippen LogP contribution in [0.5, 0.6) is 0 Å². The number of carbonyl (C=O) groups excluding carboxylic acids is 3. The molecule has 1 aliphatic rings. The van der Waals surface area contributed by atoms with Crippen LogP contribution in [0.1, 0.15) is 39.2 Å². The molecule has 1 saturated heterocycles. The smallest absolute Gasteiger partial charge is 0.411 e. The molecule has 2 atom stereocenters. The molecule has 0 bridgehead atoms. The van der Waals surface area contributed by atoms with Crippen LogP contribution >= 0.6 is 0 Å². The first-order valence-electron chi connectivity index (χ1n) is 8.96. The Labute approximate surface area is 159 Å². The van der Waals surface area contributed by atoms with Crippen LogP contribution in [0.3, 0.4) is 0 Å². The average molecular weight is 377 g/mol. The fourth-order valence-electron chi connectivity index (χ4n) is 2.99. The Balaban J connectivity index is 1.94. The molecular formula is C20H27NO6. The molecule has 148 valence electrons. The Morgan fingerprint density at radius 3 is 2.41 bits per heavy atom. The van der Waals surface area contributed by atoms with Crippen molar-refractivity contribution in [2.45, 2.75) is 51.9 Å². The molecule has 2 rings (SSSR count). The Morgan fingerprint density at radius 2 is 1.81 bits per heavy atom. The van der Waals surface area contributed by atoms with E-state index in [1.54, 1.807) is 20.8 Å². The Kier molecular flexibility index (Phi) is 6.82. The van der Waals surface area contributed by atoms with Gasteiger partial charge in [-0.05, 0) is 38.7 Å². The van der Waals surface area contributed by atoms with Crippen molar-refractivity contribution in [1.82, 2.24) is 4.90 Å².